The lowest BCUT2D eigenvalue weighted by molar-refractivity contribution is 0.00798. The molecule has 0 saturated heterocycles. The third kappa shape index (κ3) is 2.07. The van der Waals surface area contributed by atoms with Crippen LogP contribution in [-0.2, 0) is 4.74 Å². The molecule has 0 N–H and O–H groups in total. The molecular weight excluding hydrogens is 160 g/mol. The number of methoxy groups -OCH3 is 1. The van der Waals surface area contributed by atoms with Crippen molar-refractivity contribution in [2.45, 2.75) is 51.6 Å². The van der Waals surface area contributed by atoms with Gasteiger partial charge in [0, 0.05) is 7.11 Å². The van der Waals surface area contributed by atoms with Crippen LogP contribution in [0.4, 0.5) is 0 Å². The van der Waals surface area contributed by atoms with Crippen LogP contribution in [0, 0.1) is 17.8 Å². The zero-order valence-corrected chi connectivity index (χ0v) is 8.96. The Labute approximate surface area is 81.9 Å². The fraction of sp³-hybridized carbons (Fsp3) is 1.00. The van der Waals surface area contributed by atoms with E-state index in [2.05, 4.69) is 6.92 Å². The molecule has 4 atom stereocenters. The van der Waals surface area contributed by atoms with E-state index in [-0.39, 0.29) is 0 Å². The molecule has 2 aliphatic rings. The number of fused-ring (bicyclic) bond motifs is 1. The molecule has 0 radical (unpaired) electrons. The first-order valence-corrected chi connectivity index (χ1v) is 5.82. The Balaban J connectivity index is 1.90. The van der Waals surface area contributed by atoms with Gasteiger partial charge in [-0.2, -0.15) is 0 Å². The Hall–Kier alpha value is -0.0400. The SMILES string of the molecule is COC1CCC2C[C@H](C)CCC2C1. The second kappa shape index (κ2) is 4.00. The predicted molar refractivity (Wildman–Crippen MR) is 54.6 cm³/mol. The first-order valence-electron chi connectivity index (χ1n) is 5.82. The van der Waals surface area contributed by atoms with Crippen LogP contribution in [0.3, 0.4) is 0 Å². The summed E-state index contributed by atoms with van der Waals surface area (Å²) in [6.07, 6.45) is 9.06. The van der Waals surface area contributed by atoms with Gasteiger partial charge in [0.2, 0.25) is 0 Å². The van der Waals surface area contributed by atoms with E-state index >= 15 is 0 Å². The normalized spacial score (nSPS) is 45.7. The summed E-state index contributed by atoms with van der Waals surface area (Å²) in [5, 5.41) is 0. The molecule has 0 aromatic heterocycles. The monoisotopic (exact) mass is 182 g/mol. The molecule has 0 aliphatic heterocycles. The summed E-state index contributed by atoms with van der Waals surface area (Å²) in [6, 6.07) is 0. The largest absolute Gasteiger partial charge is 0.381 e. The van der Waals surface area contributed by atoms with Crippen LogP contribution in [0.5, 0.6) is 0 Å². The molecule has 2 saturated carbocycles. The summed E-state index contributed by atoms with van der Waals surface area (Å²) >= 11 is 0. The highest BCUT2D eigenvalue weighted by Gasteiger charge is 2.34. The van der Waals surface area contributed by atoms with E-state index in [1.807, 2.05) is 7.11 Å². The minimum absolute atomic E-state index is 0.578. The fourth-order valence-corrected chi connectivity index (χ4v) is 3.29. The van der Waals surface area contributed by atoms with Crippen molar-refractivity contribution < 1.29 is 4.74 Å². The molecule has 76 valence electrons. The van der Waals surface area contributed by atoms with Crippen LogP contribution in [0.15, 0.2) is 0 Å². The molecule has 0 spiro atoms. The van der Waals surface area contributed by atoms with Crippen molar-refractivity contribution in [3.05, 3.63) is 0 Å². The Morgan fingerprint density at radius 2 is 1.62 bits per heavy atom. The summed E-state index contributed by atoms with van der Waals surface area (Å²) in [4.78, 5) is 0. The second-order valence-electron chi connectivity index (χ2n) is 5.11. The van der Waals surface area contributed by atoms with Crippen molar-refractivity contribution in [1.82, 2.24) is 0 Å². The van der Waals surface area contributed by atoms with Crippen LogP contribution < -0.4 is 0 Å². The fourth-order valence-electron chi connectivity index (χ4n) is 3.29. The Kier molecular flexibility index (Phi) is 2.92. The lowest BCUT2D eigenvalue weighted by Crippen LogP contribution is -2.33. The van der Waals surface area contributed by atoms with Gasteiger partial charge in [-0.25, -0.2) is 0 Å². The van der Waals surface area contributed by atoms with Gasteiger partial charge in [-0.15, -0.1) is 0 Å². The zero-order chi connectivity index (χ0) is 9.26. The van der Waals surface area contributed by atoms with Gasteiger partial charge in [0.15, 0.2) is 0 Å². The molecule has 0 heterocycles. The standard InChI is InChI=1S/C12H22O/c1-9-3-4-11-8-12(13-2)6-5-10(11)7-9/h9-12H,3-8H2,1-2H3/t9-,10?,11?,12?/m1/s1. The van der Waals surface area contributed by atoms with Gasteiger partial charge in [-0.05, 0) is 49.9 Å². The van der Waals surface area contributed by atoms with Crippen molar-refractivity contribution in [2.24, 2.45) is 17.8 Å². The predicted octanol–water partition coefficient (Wildman–Crippen LogP) is 3.24. The van der Waals surface area contributed by atoms with E-state index in [0.717, 1.165) is 17.8 Å². The molecule has 0 aromatic rings. The lowest BCUT2D eigenvalue weighted by atomic mass is 9.67. The smallest absolute Gasteiger partial charge is 0.0574 e. The Morgan fingerprint density at radius 1 is 0.923 bits per heavy atom. The average molecular weight is 182 g/mol. The number of hydrogen-bond acceptors (Lipinski definition) is 1. The molecule has 2 fully saturated rings. The summed E-state index contributed by atoms with van der Waals surface area (Å²) in [5.41, 5.74) is 0. The molecule has 1 nitrogen and oxygen atoms in total. The van der Waals surface area contributed by atoms with E-state index in [1.165, 1.54) is 38.5 Å². The van der Waals surface area contributed by atoms with Gasteiger partial charge in [0.25, 0.3) is 0 Å². The van der Waals surface area contributed by atoms with Crippen molar-refractivity contribution in [1.29, 1.82) is 0 Å². The van der Waals surface area contributed by atoms with E-state index in [9.17, 15) is 0 Å². The molecule has 2 rings (SSSR count). The quantitative estimate of drug-likeness (QED) is 0.605. The molecule has 0 aromatic carbocycles. The Bertz CT molecular complexity index is 167. The topological polar surface area (TPSA) is 9.23 Å². The molecule has 13 heavy (non-hydrogen) atoms. The highest BCUT2D eigenvalue weighted by molar-refractivity contribution is 4.85. The third-order valence-electron chi connectivity index (χ3n) is 4.16. The number of ether oxygens (including phenoxy) is 1. The first kappa shape index (κ1) is 9.51. The van der Waals surface area contributed by atoms with Crippen LogP contribution in [0.1, 0.15) is 45.4 Å². The van der Waals surface area contributed by atoms with E-state index < -0.39 is 0 Å². The lowest BCUT2D eigenvalue weighted by Gasteiger charge is -2.40. The summed E-state index contributed by atoms with van der Waals surface area (Å²) in [6.45, 7) is 2.42. The maximum Gasteiger partial charge on any atom is 0.0574 e. The molecule has 0 amide bonds. The van der Waals surface area contributed by atoms with Crippen LogP contribution in [0.2, 0.25) is 0 Å². The van der Waals surface area contributed by atoms with Crippen LogP contribution in [0.25, 0.3) is 0 Å². The van der Waals surface area contributed by atoms with Crippen molar-refractivity contribution in [3.8, 4) is 0 Å². The summed E-state index contributed by atoms with van der Waals surface area (Å²) < 4.78 is 5.47. The average Bonchev–Trinajstić information content (AvgIpc) is 2.17. The van der Waals surface area contributed by atoms with E-state index in [4.69, 9.17) is 4.74 Å². The van der Waals surface area contributed by atoms with Gasteiger partial charge < -0.3 is 4.74 Å². The molecular formula is C12H22O. The van der Waals surface area contributed by atoms with Gasteiger partial charge >= 0.3 is 0 Å². The van der Waals surface area contributed by atoms with Crippen molar-refractivity contribution in [3.63, 3.8) is 0 Å². The second-order valence-corrected chi connectivity index (χ2v) is 5.11. The van der Waals surface area contributed by atoms with Gasteiger partial charge in [-0.1, -0.05) is 13.3 Å². The summed E-state index contributed by atoms with van der Waals surface area (Å²) in [5.74, 6) is 3.02. The van der Waals surface area contributed by atoms with Crippen molar-refractivity contribution >= 4 is 0 Å². The number of hydrogen-bond donors (Lipinski definition) is 0. The maximum atomic E-state index is 5.47. The first-order chi connectivity index (χ1) is 6.29. The van der Waals surface area contributed by atoms with Crippen LogP contribution >= 0.6 is 0 Å². The van der Waals surface area contributed by atoms with Gasteiger partial charge in [-0.3, -0.25) is 0 Å². The minimum atomic E-state index is 0.578. The zero-order valence-electron chi connectivity index (χ0n) is 8.96. The number of rotatable bonds is 1. The van der Waals surface area contributed by atoms with Gasteiger partial charge in [0.1, 0.15) is 0 Å². The van der Waals surface area contributed by atoms with E-state index in [0.29, 0.717) is 6.10 Å². The highest BCUT2D eigenvalue weighted by Crippen LogP contribution is 2.43. The van der Waals surface area contributed by atoms with Crippen molar-refractivity contribution in [2.75, 3.05) is 7.11 Å². The Morgan fingerprint density at radius 3 is 2.38 bits per heavy atom. The van der Waals surface area contributed by atoms with E-state index in [1.54, 1.807) is 0 Å². The third-order valence-corrected chi connectivity index (χ3v) is 4.16. The van der Waals surface area contributed by atoms with Crippen LogP contribution in [-0.4, -0.2) is 13.2 Å². The van der Waals surface area contributed by atoms with Gasteiger partial charge in [0.05, 0.1) is 6.10 Å². The molecule has 1 heteroatoms. The molecule has 0 bridgehead atoms. The maximum absolute atomic E-state index is 5.47. The summed E-state index contributed by atoms with van der Waals surface area (Å²) in [7, 11) is 1.87. The highest BCUT2D eigenvalue weighted by atomic mass is 16.5. The minimum Gasteiger partial charge on any atom is -0.381 e. The molecule has 3 unspecified atom stereocenters. The molecule has 2 aliphatic carbocycles.